The summed E-state index contributed by atoms with van der Waals surface area (Å²) >= 11 is 6.65. The molecule has 1 unspecified atom stereocenters. The summed E-state index contributed by atoms with van der Waals surface area (Å²) in [4.78, 5) is 8.53. The van der Waals surface area contributed by atoms with Crippen molar-refractivity contribution in [1.82, 2.24) is 9.97 Å². The van der Waals surface area contributed by atoms with Crippen molar-refractivity contribution in [3.05, 3.63) is 21.1 Å². The molecule has 0 saturated carbocycles. The summed E-state index contributed by atoms with van der Waals surface area (Å²) in [5, 5.41) is 0. The maximum absolute atomic E-state index is 5.48. The van der Waals surface area contributed by atoms with Crippen molar-refractivity contribution in [2.45, 2.75) is 18.9 Å². The minimum absolute atomic E-state index is 0.0776. The van der Waals surface area contributed by atoms with Crippen LogP contribution < -0.4 is 0 Å². The van der Waals surface area contributed by atoms with Crippen molar-refractivity contribution in [3.8, 4) is 0 Å². The SMILES string of the molecule is Brc1cc(Br)nc(C2CCCO2)n1. The van der Waals surface area contributed by atoms with E-state index in [0.717, 1.165) is 34.5 Å². The molecule has 0 aromatic carbocycles. The average molecular weight is 308 g/mol. The van der Waals surface area contributed by atoms with Gasteiger partial charge in [-0.1, -0.05) is 0 Å². The highest BCUT2D eigenvalue weighted by atomic mass is 79.9. The normalized spacial score (nSPS) is 22.2. The Hall–Kier alpha value is -0.0000000000000000833. The van der Waals surface area contributed by atoms with E-state index in [1.165, 1.54) is 0 Å². The van der Waals surface area contributed by atoms with E-state index in [9.17, 15) is 0 Å². The zero-order valence-electron chi connectivity index (χ0n) is 6.83. The molecule has 0 radical (unpaired) electrons. The fourth-order valence-electron chi connectivity index (χ4n) is 1.33. The van der Waals surface area contributed by atoms with E-state index in [2.05, 4.69) is 41.8 Å². The molecule has 5 heteroatoms. The second kappa shape index (κ2) is 4.02. The minimum Gasteiger partial charge on any atom is -0.370 e. The molecule has 1 atom stereocenters. The average Bonchev–Trinajstić information content (AvgIpc) is 2.53. The highest BCUT2D eigenvalue weighted by Crippen LogP contribution is 2.27. The van der Waals surface area contributed by atoms with Crippen LogP contribution >= 0.6 is 31.9 Å². The maximum Gasteiger partial charge on any atom is 0.159 e. The van der Waals surface area contributed by atoms with Crippen LogP contribution in [0.1, 0.15) is 24.8 Å². The monoisotopic (exact) mass is 306 g/mol. The Balaban J connectivity index is 2.28. The van der Waals surface area contributed by atoms with Gasteiger partial charge in [0.2, 0.25) is 0 Å². The molecule has 1 aromatic heterocycles. The molecule has 1 aliphatic heterocycles. The fraction of sp³-hybridized carbons (Fsp3) is 0.500. The Morgan fingerprint density at radius 1 is 1.31 bits per heavy atom. The molecular weight excluding hydrogens is 300 g/mol. The van der Waals surface area contributed by atoms with Gasteiger partial charge in [0.15, 0.2) is 5.82 Å². The first-order valence-electron chi connectivity index (χ1n) is 4.07. The number of nitrogens with zero attached hydrogens (tertiary/aromatic N) is 2. The highest BCUT2D eigenvalue weighted by molar-refractivity contribution is 9.11. The van der Waals surface area contributed by atoms with Crippen molar-refractivity contribution < 1.29 is 4.74 Å². The molecule has 1 aliphatic rings. The predicted octanol–water partition coefficient (Wildman–Crippen LogP) is 2.85. The van der Waals surface area contributed by atoms with Gasteiger partial charge in [0.1, 0.15) is 15.3 Å². The Morgan fingerprint density at radius 2 is 2.00 bits per heavy atom. The summed E-state index contributed by atoms with van der Waals surface area (Å²) in [5.41, 5.74) is 0. The molecule has 2 heterocycles. The Morgan fingerprint density at radius 3 is 2.54 bits per heavy atom. The lowest BCUT2D eigenvalue weighted by molar-refractivity contribution is 0.104. The van der Waals surface area contributed by atoms with Crippen LogP contribution in [0.25, 0.3) is 0 Å². The lowest BCUT2D eigenvalue weighted by Crippen LogP contribution is -2.03. The van der Waals surface area contributed by atoms with Crippen LogP contribution in [0.5, 0.6) is 0 Å². The molecule has 1 saturated heterocycles. The number of ether oxygens (including phenoxy) is 1. The van der Waals surface area contributed by atoms with E-state index < -0.39 is 0 Å². The molecule has 0 N–H and O–H groups in total. The van der Waals surface area contributed by atoms with Crippen molar-refractivity contribution in [2.75, 3.05) is 6.61 Å². The van der Waals surface area contributed by atoms with Crippen molar-refractivity contribution >= 4 is 31.9 Å². The molecule has 0 amide bonds. The van der Waals surface area contributed by atoms with Crippen LogP contribution in [0.15, 0.2) is 15.3 Å². The largest absolute Gasteiger partial charge is 0.370 e. The van der Waals surface area contributed by atoms with E-state index in [0.29, 0.717) is 0 Å². The van der Waals surface area contributed by atoms with Gasteiger partial charge in [0, 0.05) is 12.7 Å². The Kier molecular flexibility index (Phi) is 2.96. The van der Waals surface area contributed by atoms with E-state index in [-0.39, 0.29) is 6.10 Å². The Bertz CT molecular complexity index is 293. The molecule has 3 nitrogen and oxygen atoms in total. The maximum atomic E-state index is 5.48. The first-order valence-corrected chi connectivity index (χ1v) is 5.66. The standard InChI is InChI=1S/C8H8Br2N2O/c9-6-4-7(10)12-8(11-6)5-2-1-3-13-5/h4-5H,1-3H2. The van der Waals surface area contributed by atoms with Gasteiger partial charge in [-0.3, -0.25) is 0 Å². The topological polar surface area (TPSA) is 35.0 Å². The summed E-state index contributed by atoms with van der Waals surface area (Å²) < 4.78 is 7.07. The van der Waals surface area contributed by atoms with Crippen LogP contribution in [0.4, 0.5) is 0 Å². The summed E-state index contributed by atoms with van der Waals surface area (Å²) in [7, 11) is 0. The van der Waals surface area contributed by atoms with E-state index >= 15 is 0 Å². The quantitative estimate of drug-likeness (QED) is 0.748. The van der Waals surface area contributed by atoms with Gasteiger partial charge in [-0.15, -0.1) is 0 Å². The molecule has 2 rings (SSSR count). The van der Waals surface area contributed by atoms with Crippen LogP contribution in [-0.4, -0.2) is 16.6 Å². The number of halogens is 2. The predicted molar refractivity (Wildman–Crippen MR) is 55.4 cm³/mol. The van der Waals surface area contributed by atoms with Gasteiger partial charge in [-0.05, 0) is 44.7 Å². The highest BCUT2D eigenvalue weighted by Gasteiger charge is 2.20. The van der Waals surface area contributed by atoms with E-state index in [1.54, 1.807) is 0 Å². The van der Waals surface area contributed by atoms with Gasteiger partial charge < -0.3 is 4.74 Å². The molecule has 13 heavy (non-hydrogen) atoms. The minimum atomic E-state index is 0.0776. The summed E-state index contributed by atoms with van der Waals surface area (Å²) in [6.45, 7) is 0.818. The molecule has 0 spiro atoms. The number of hydrogen-bond acceptors (Lipinski definition) is 3. The Labute approximate surface area is 93.2 Å². The first-order chi connectivity index (χ1) is 6.25. The van der Waals surface area contributed by atoms with Crippen molar-refractivity contribution in [1.29, 1.82) is 0 Å². The second-order valence-electron chi connectivity index (χ2n) is 2.87. The number of hydrogen-bond donors (Lipinski definition) is 0. The van der Waals surface area contributed by atoms with Gasteiger partial charge in [0.05, 0.1) is 0 Å². The fourth-order valence-corrected chi connectivity index (χ4v) is 2.44. The third kappa shape index (κ3) is 2.27. The van der Waals surface area contributed by atoms with E-state index in [1.807, 2.05) is 6.07 Å². The van der Waals surface area contributed by atoms with Crippen LogP contribution in [0.3, 0.4) is 0 Å². The smallest absolute Gasteiger partial charge is 0.159 e. The van der Waals surface area contributed by atoms with Gasteiger partial charge in [-0.2, -0.15) is 0 Å². The van der Waals surface area contributed by atoms with Crippen LogP contribution in [0.2, 0.25) is 0 Å². The summed E-state index contributed by atoms with van der Waals surface area (Å²) in [5.74, 6) is 0.763. The van der Waals surface area contributed by atoms with Gasteiger partial charge in [-0.25, -0.2) is 9.97 Å². The molecule has 0 aliphatic carbocycles. The summed E-state index contributed by atoms with van der Waals surface area (Å²) in [6, 6.07) is 1.82. The lowest BCUT2D eigenvalue weighted by atomic mass is 10.2. The molecule has 1 aromatic rings. The third-order valence-corrected chi connectivity index (χ3v) is 2.71. The molecule has 1 fully saturated rings. The van der Waals surface area contributed by atoms with Crippen LogP contribution in [-0.2, 0) is 4.74 Å². The van der Waals surface area contributed by atoms with Gasteiger partial charge >= 0.3 is 0 Å². The lowest BCUT2D eigenvalue weighted by Gasteiger charge is -2.07. The van der Waals surface area contributed by atoms with Crippen molar-refractivity contribution in [2.24, 2.45) is 0 Å². The second-order valence-corrected chi connectivity index (χ2v) is 4.50. The molecule has 0 bridgehead atoms. The number of aromatic nitrogens is 2. The zero-order valence-corrected chi connectivity index (χ0v) is 10.0. The first kappa shape index (κ1) is 9.55. The molecular formula is C8H8Br2N2O. The number of rotatable bonds is 1. The van der Waals surface area contributed by atoms with E-state index in [4.69, 9.17) is 4.74 Å². The van der Waals surface area contributed by atoms with Crippen molar-refractivity contribution in [3.63, 3.8) is 0 Å². The summed E-state index contributed by atoms with van der Waals surface area (Å²) in [6.07, 6.45) is 2.19. The van der Waals surface area contributed by atoms with Gasteiger partial charge in [0.25, 0.3) is 0 Å². The molecule has 70 valence electrons. The van der Waals surface area contributed by atoms with Crippen LogP contribution in [0, 0.1) is 0 Å². The zero-order chi connectivity index (χ0) is 9.26. The third-order valence-electron chi connectivity index (χ3n) is 1.90.